The van der Waals surface area contributed by atoms with Crippen LogP contribution in [0.4, 0.5) is 13.2 Å². The number of nitrogens with one attached hydrogen (secondary N) is 2. The van der Waals surface area contributed by atoms with E-state index in [-0.39, 0.29) is 0 Å². The molecule has 3 rings (SSSR count). The topological polar surface area (TPSA) is 44.9 Å². The van der Waals surface area contributed by atoms with E-state index >= 15 is 0 Å². The van der Waals surface area contributed by atoms with Gasteiger partial charge in [-0.2, -0.15) is 13.2 Å². The summed E-state index contributed by atoms with van der Waals surface area (Å²) in [5, 5.41) is 2.99. The third-order valence-corrected chi connectivity index (χ3v) is 3.66. The van der Waals surface area contributed by atoms with Crippen LogP contribution in [0.3, 0.4) is 0 Å². The van der Waals surface area contributed by atoms with Crippen molar-refractivity contribution in [1.82, 2.24) is 10.3 Å². The van der Waals surface area contributed by atoms with Gasteiger partial charge in [0.15, 0.2) is 0 Å². The molecule has 0 spiro atoms. The summed E-state index contributed by atoms with van der Waals surface area (Å²) >= 11 is 0. The van der Waals surface area contributed by atoms with E-state index in [2.05, 4.69) is 10.3 Å². The number of carbonyl (C=O) groups excluding carboxylic acids is 1. The number of hydrogen-bond acceptors (Lipinski definition) is 1. The zero-order valence-corrected chi connectivity index (χ0v) is 10.6. The molecule has 1 unspecified atom stereocenters. The Hall–Kier alpha value is -1.98. The summed E-state index contributed by atoms with van der Waals surface area (Å²) in [4.78, 5) is 14.4. The van der Waals surface area contributed by atoms with Crippen LogP contribution in [0.5, 0.6) is 0 Å². The second-order valence-electron chi connectivity index (χ2n) is 4.98. The zero-order chi connectivity index (χ0) is 14.3. The Balaban J connectivity index is 1.99. The smallest absolute Gasteiger partial charge is 0.358 e. The fourth-order valence-corrected chi connectivity index (χ4v) is 2.83. The summed E-state index contributed by atoms with van der Waals surface area (Å²) in [6.45, 7) is 0. The molecule has 1 aromatic heterocycles. The molecule has 106 valence electrons. The summed E-state index contributed by atoms with van der Waals surface area (Å²) in [7, 11) is 0. The molecule has 0 aliphatic heterocycles. The molecule has 2 aromatic rings. The Morgan fingerprint density at radius 1 is 1.30 bits per heavy atom. The lowest BCUT2D eigenvalue weighted by molar-refractivity contribution is -0.174. The third kappa shape index (κ3) is 2.15. The van der Waals surface area contributed by atoms with E-state index in [9.17, 15) is 18.0 Å². The lowest BCUT2D eigenvalue weighted by Gasteiger charge is -2.24. The van der Waals surface area contributed by atoms with E-state index in [1.807, 2.05) is 24.3 Å². The predicted molar refractivity (Wildman–Crippen MR) is 68.2 cm³/mol. The van der Waals surface area contributed by atoms with Gasteiger partial charge in [0, 0.05) is 22.2 Å². The number of hydrogen-bond donors (Lipinski definition) is 2. The Morgan fingerprint density at radius 2 is 2.05 bits per heavy atom. The molecule has 1 atom stereocenters. The molecule has 0 saturated carbocycles. The van der Waals surface area contributed by atoms with Crippen molar-refractivity contribution in [2.45, 2.75) is 31.5 Å². The maximum atomic E-state index is 12.4. The molecular formula is C14H13F3N2O. The Kier molecular flexibility index (Phi) is 2.96. The van der Waals surface area contributed by atoms with Crippen LogP contribution >= 0.6 is 0 Å². The van der Waals surface area contributed by atoms with Crippen molar-refractivity contribution < 1.29 is 18.0 Å². The lowest BCUT2D eigenvalue weighted by Crippen LogP contribution is -2.40. The number of alkyl halides is 3. The maximum absolute atomic E-state index is 12.4. The van der Waals surface area contributed by atoms with Crippen molar-refractivity contribution in [3.8, 4) is 0 Å². The number of fused-ring (bicyclic) bond motifs is 3. The molecule has 0 bridgehead atoms. The third-order valence-electron chi connectivity index (χ3n) is 3.66. The average molecular weight is 282 g/mol. The van der Waals surface area contributed by atoms with E-state index in [4.69, 9.17) is 0 Å². The second-order valence-corrected chi connectivity index (χ2v) is 4.98. The summed E-state index contributed by atoms with van der Waals surface area (Å²) in [6.07, 6.45) is -2.77. The molecule has 1 amide bonds. The highest BCUT2D eigenvalue weighted by atomic mass is 19.4. The molecule has 1 aromatic carbocycles. The van der Waals surface area contributed by atoms with Gasteiger partial charge in [-0.25, -0.2) is 0 Å². The average Bonchev–Trinajstić information content (AvgIpc) is 2.76. The molecule has 0 radical (unpaired) electrons. The molecule has 1 aliphatic carbocycles. The van der Waals surface area contributed by atoms with Gasteiger partial charge in [0.2, 0.25) is 0 Å². The predicted octanol–water partition coefficient (Wildman–Crippen LogP) is 3.22. The van der Waals surface area contributed by atoms with Crippen LogP contribution in [-0.2, 0) is 11.2 Å². The summed E-state index contributed by atoms with van der Waals surface area (Å²) in [5.74, 6) is -1.87. The number of benzene rings is 1. The summed E-state index contributed by atoms with van der Waals surface area (Å²) < 4.78 is 37.2. The van der Waals surface area contributed by atoms with Crippen molar-refractivity contribution in [1.29, 1.82) is 0 Å². The van der Waals surface area contributed by atoms with Gasteiger partial charge in [-0.1, -0.05) is 18.2 Å². The van der Waals surface area contributed by atoms with Gasteiger partial charge in [-0.05, 0) is 25.3 Å². The first-order chi connectivity index (χ1) is 9.47. The number of rotatable bonds is 1. The number of H-pyrrole nitrogens is 1. The molecule has 0 fully saturated rings. The van der Waals surface area contributed by atoms with Crippen molar-refractivity contribution >= 4 is 16.8 Å². The Labute approximate surface area is 113 Å². The maximum Gasteiger partial charge on any atom is 0.471 e. The van der Waals surface area contributed by atoms with Crippen molar-refractivity contribution in [3.05, 3.63) is 35.5 Å². The number of para-hydroxylation sites is 1. The van der Waals surface area contributed by atoms with Crippen LogP contribution in [0.1, 0.15) is 30.1 Å². The number of amides is 1. The highest BCUT2D eigenvalue weighted by Gasteiger charge is 2.40. The van der Waals surface area contributed by atoms with Crippen LogP contribution in [0, 0.1) is 0 Å². The first kappa shape index (κ1) is 13.0. The van der Waals surface area contributed by atoms with Crippen LogP contribution < -0.4 is 5.32 Å². The first-order valence-electron chi connectivity index (χ1n) is 6.44. The summed E-state index contributed by atoms with van der Waals surface area (Å²) in [5.41, 5.74) is 2.61. The van der Waals surface area contributed by atoms with Gasteiger partial charge in [0.25, 0.3) is 0 Å². The highest BCUT2D eigenvalue weighted by molar-refractivity contribution is 5.87. The monoisotopic (exact) mass is 282 g/mol. The lowest BCUT2D eigenvalue weighted by atomic mass is 9.90. The first-order valence-corrected chi connectivity index (χ1v) is 6.44. The summed E-state index contributed by atoms with van der Waals surface area (Å²) in [6, 6.07) is 6.88. The van der Waals surface area contributed by atoms with Gasteiger partial charge < -0.3 is 10.3 Å². The van der Waals surface area contributed by atoms with E-state index in [0.29, 0.717) is 6.42 Å². The largest absolute Gasteiger partial charge is 0.471 e. The zero-order valence-electron chi connectivity index (χ0n) is 10.6. The molecule has 1 heterocycles. The number of halogens is 3. The number of aromatic amines is 1. The van der Waals surface area contributed by atoms with E-state index in [1.54, 1.807) is 0 Å². The SMILES string of the molecule is O=C(NC1CCCc2[nH]c3ccccc3c21)C(F)(F)F. The van der Waals surface area contributed by atoms with E-state index in [1.165, 1.54) is 0 Å². The van der Waals surface area contributed by atoms with Gasteiger partial charge in [-0.15, -0.1) is 0 Å². The van der Waals surface area contributed by atoms with Gasteiger partial charge in [-0.3, -0.25) is 4.79 Å². The molecule has 6 heteroatoms. The molecule has 1 aliphatic rings. The van der Waals surface area contributed by atoms with Crippen molar-refractivity contribution in [2.24, 2.45) is 0 Å². The second kappa shape index (κ2) is 4.54. The molecule has 3 nitrogen and oxygen atoms in total. The minimum Gasteiger partial charge on any atom is -0.358 e. The van der Waals surface area contributed by atoms with Crippen molar-refractivity contribution in [2.75, 3.05) is 0 Å². The minimum atomic E-state index is -4.84. The Morgan fingerprint density at radius 3 is 2.80 bits per heavy atom. The van der Waals surface area contributed by atoms with Gasteiger partial charge >= 0.3 is 12.1 Å². The van der Waals surface area contributed by atoms with Crippen LogP contribution in [-0.4, -0.2) is 17.1 Å². The van der Waals surface area contributed by atoms with Crippen LogP contribution in [0.2, 0.25) is 0 Å². The van der Waals surface area contributed by atoms with Crippen LogP contribution in [0.15, 0.2) is 24.3 Å². The fourth-order valence-electron chi connectivity index (χ4n) is 2.83. The van der Waals surface area contributed by atoms with Gasteiger partial charge in [0.05, 0.1) is 6.04 Å². The van der Waals surface area contributed by atoms with E-state index in [0.717, 1.165) is 35.0 Å². The molecule has 20 heavy (non-hydrogen) atoms. The molecular weight excluding hydrogens is 269 g/mol. The molecule has 2 N–H and O–H groups in total. The number of aromatic nitrogens is 1. The standard InChI is InChI=1S/C14H13F3N2O/c15-14(16,17)13(20)19-11-7-3-6-10-12(11)8-4-1-2-5-9(8)18-10/h1-2,4-5,11,18H,3,6-7H2,(H,19,20). The van der Waals surface area contributed by atoms with Gasteiger partial charge in [0.1, 0.15) is 0 Å². The highest BCUT2D eigenvalue weighted by Crippen LogP contribution is 2.36. The van der Waals surface area contributed by atoms with E-state index < -0.39 is 18.1 Å². The fraction of sp³-hybridized carbons (Fsp3) is 0.357. The minimum absolute atomic E-state index is 0.524. The number of aryl methyl sites for hydroxylation is 1. The van der Waals surface area contributed by atoms with Crippen LogP contribution in [0.25, 0.3) is 10.9 Å². The quantitative estimate of drug-likeness (QED) is 0.828. The normalized spacial score (nSPS) is 18.9. The van der Waals surface area contributed by atoms with Crippen molar-refractivity contribution in [3.63, 3.8) is 0 Å². The Bertz CT molecular complexity index is 660. The number of carbonyl (C=O) groups is 1. The molecule has 0 saturated heterocycles.